The highest BCUT2D eigenvalue weighted by atomic mass is 16.3. The number of hydrogen-bond donors (Lipinski definition) is 1. The summed E-state index contributed by atoms with van der Waals surface area (Å²) in [6, 6.07) is 20.6. The van der Waals surface area contributed by atoms with Crippen molar-refractivity contribution >= 4 is 10.9 Å². The molecule has 4 rings (SSSR count). The van der Waals surface area contributed by atoms with Gasteiger partial charge in [0.05, 0.1) is 23.9 Å². The number of fused-ring (bicyclic) bond motifs is 1. The fourth-order valence-corrected chi connectivity index (χ4v) is 3.05. The van der Waals surface area contributed by atoms with Crippen molar-refractivity contribution in [1.82, 2.24) is 14.8 Å². The molecule has 0 unspecified atom stereocenters. The molecule has 1 atom stereocenters. The highest BCUT2D eigenvalue weighted by Crippen LogP contribution is 2.27. The van der Waals surface area contributed by atoms with Gasteiger partial charge in [-0.1, -0.05) is 43.3 Å². The summed E-state index contributed by atoms with van der Waals surface area (Å²) in [6.45, 7) is 2.49. The molecule has 1 N–H and O–H groups in total. The molecule has 0 fully saturated rings. The molecule has 130 valence electrons. The molecule has 0 saturated carbocycles. The molecule has 2 aromatic carbocycles. The fourth-order valence-electron chi connectivity index (χ4n) is 3.05. The van der Waals surface area contributed by atoms with Gasteiger partial charge in [-0.25, -0.2) is 0 Å². The Morgan fingerprint density at radius 2 is 1.81 bits per heavy atom. The van der Waals surface area contributed by atoms with Gasteiger partial charge >= 0.3 is 0 Å². The molecular formula is C22H21N3O. The first-order chi connectivity index (χ1) is 12.7. The van der Waals surface area contributed by atoms with Crippen molar-refractivity contribution in [2.45, 2.75) is 26.0 Å². The third-order valence-electron chi connectivity index (χ3n) is 4.59. The Morgan fingerprint density at radius 3 is 2.69 bits per heavy atom. The molecule has 0 saturated heterocycles. The largest absolute Gasteiger partial charge is 0.391 e. The van der Waals surface area contributed by atoms with E-state index in [1.165, 1.54) is 0 Å². The van der Waals surface area contributed by atoms with Gasteiger partial charge in [0.15, 0.2) is 0 Å². The second-order valence-corrected chi connectivity index (χ2v) is 6.48. The minimum Gasteiger partial charge on any atom is -0.391 e. The molecular weight excluding hydrogens is 322 g/mol. The van der Waals surface area contributed by atoms with E-state index in [0.29, 0.717) is 6.54 Å². The summed E-state index contributed by atoms with van der Waals surface area (Å²) in [5, 5.41) is 15.5. The van der Waals surface area contributed by atoms with E-state index in [-0.39, 0.29) is 6.10 Å². The number of pyridine rings is 1. The fraction of sp³-hybridized carbons (Fsp3) is 0.182. The predicted molar refractivity (Wildman–Crippen MR) is 105 cm³/mol. The standard InChI is InChI=1S/C22H21N3O/c1-2-20(26)15-25-11-10-22(24-25)18-8-5-7-16(12-18)19-13-17-6-3-4-9-21(17)23-14-19/h3-14,20,26H,2,15H2,1H3/t20-/m0/s1. The molecule has 2 aromatic heterocycles. The lowest BCUT2D eigenvalue weighted by Gasteiger charge is -2.07. The lowest BCUT2D eigenvalue weighted by molar-refractivity contribution is 0.145. The van der Waals surface area contributed by atoms with E-state index >= 15 is 0 Å². The van der Waals surface area contributed by atoms with Crippen LogP contribution in [0.3, 0.4) is 0 Å². The van der Waals surface area contributed by atoms with Gasteiger partial charge in [-0.05, 0) is 36.2 Å². The summed E-state index contributed by atoms with van der Waals surface area (Å²) < 4.78 is 1.80. The van der Waals surface area contributed by atoms with E-state index in [1.54, 1.807) is 4.68 Å². The maximum absolute atomic E-state index is 9.80. The van der Waals surface area contributed by atoms with E-state index < -0.39 is 0 Å². The van der Waals surface area contributed by atoms with Gasteiger partial charge in [0.25, 0.3) is 0 Å². The van der Waals surface area contributed by atoms with Gasteiger partial charge < -0.3 is 5.11 Å². The van der Waals surface area contributed by atoms with Crippen LogP contribution in [0.4, 0.5) is 0 Å². The van der Waals surface area contributed by atoms with Crippen LogP contribution in [0.2, 0.25) is 0 Å². The molecule has 0 bridgehead atoms. The van der Waals surface area contributed by atoms with Crippen molar-refractivity contribution in [1.29, 1.82) is 0 Å². The molecule has 0 aliphatic heterocycles. The van der Waals surface area contributed by atoms with Crippen LogP contribution in [0, 0.1) is 0 Å². The van der Waals surface area contributed by atoms with Crippen LogP contribution in [-0.4, -0.2) is 26.0 Å². The monoisotopic (exact) mass is 343 g/mol. The van der Waals surface area contributed by atoms with E-state index in [0.717, 1.165) is 39.7 Å². The molecule has 0 radical (unpaired) electrons. The van der Waals surface area contributed by atoms with Gasteiger partial charge in [-0.2, -0.15) is 5.10 Å². The number of aliphatic hydroxyl groups excluding tert-OH is 1. The van der Waals surface area contributed by atoms with Gasteiger partial charge in [0.1, 0.15) is 0 Å². The number of rotatable bonds is 5. The van der Waals surface area contributed by atoms with Crippen molar-refractivity contribution in [2.75, 3.05) is 0 Å². The topological polar surface area (TPSA) is 50.9 Å². The summed E-state index contributed by atoms with van der Waals surface area (Å²) in [6.07, 6.45) is 4.19. The molecule has 0 aliphatic rings. The second-order valence-electron chi connectivity index (χ2n) is 6.48. The first-order valence-electron chi connectivity index (χ1n) is 8.90. The maximum atomic E-state index is 9.80. The summed E-state index contributed by atoms with van der Waals surface area (Å²) in [7, 11) is 0. The molecule has 26 heavy (non-hydrogen) atoms. The number of benzene rings is 2. The average molecular weight is 343 g/mol. The Bertz CT molecular complexity index is 1040. The molecule has 2 heterocycles. The Labute approximate surface area is 152 Å². The molecule has 0 spiro atoms. The van der Waals surface area contributed by atoms with Gasteiger partial charge in [0.2, 0.25) is 0 Å². The van der Waals surface area contributed by atoms with Crippen molar-refractivity contribution in [3.05, 3.63) is 73.1 Å². The molecule has 4 nitrogen and oxygen atoms in total. The SMILES string of the molecule is CC[C@H](O)Cn1ccc(-c2cccc(-c3cnc4ccccc4c3)c2)n1. The number of aliphatic hydroxyl groups is 1. The molecule has 4 aromatic rings. The average Bonchev–Trinajstić information content (AvgIpc) is 3.16. The van der Waals surface area contributed by atoms with Crippen molar-refractivity contribution in [3.63, 3.8) is 0 Å². The molecule has 0 aliphatic carbocycles. The Hall–Kier alpha value is -2.98. The second kappa shape index (κ2) is 7.10. The minimum absolute atomic E-state index is 0.363. The van der Waals surface area contributed by atoms with Crippen LogP contribution < -0.4 is 0 Å². The Kier molecular flexibility index (Phi) is 4.50. The van der Waals surface area contributed by atoms with Crippen molar-refractivity contribution in [3.8, 4) is 22.4 Å². The van der Waals surface area contributed by atoms with Gasteiger partial charge in [0, 0.05) is 28.9 Å². The molecule has 4 heteroatoms. The number of para-hydroxylation sites is 1. The van der Waals surface area contributed by atoms with Crippen LogP contribution in [0.15, 0.2) is 73.1 Å². The number of nitrogens with zero attached hydrogens (tertiary/aromatic N) is 3. The van der Waals surface area contributed by atoms with Crippen LogP contribution in [0.1, 0.15) is 13.3 Å². The third-order valence-corrected chi connectivity index (χ3v) is 4.59. The maximum Gasteiger partial charge on any atom is 0.0923 e. The van der Waals surface area contributed by atoms with E-state index in [1.807, 2.05) is 49.6 Å². The van der Waals surface area contributed by atoms with Crippen LogP contribution in [0.5, 0.6) is 0 Å². The first-order valence-corrected chi connectivity index (χ1v) is 8.90. The zero-order valence-electron chi connectivity index (χ0n) is 14.7. The van der Waals surface area contributed by atoms with Crippen molar-refractivity contribution in [2.24, 2.45) is 0 Å². The van der Waals surface area contributed by atoms with Crippen molar-refractivity contribution < 1.29 is 5.11 Å². The van der Waals surface area contributed by atoms with Crippen LogP contribution in [0.25, 0.3) is 33.3 Å². The third kappa shape index (κ3) is 3.37. The number of aromatic nitrogens is 3. The normalized spacial score (nSPS) is 12.4. The molecule has 0 amide bonds. The van der Waals surface area contributed by atoms with Gasteiger partial charge in [-0.15, -0.1) is 0 Å². The summed E-state index contributed by atoms with van der Waals surface area (Å²) >= 11 is 0. The smallest absolute Gasteiger partial charge is 0.0923 e. The number of hydrogen-bond acceptors (Lipinski definition) is 3. The minimum atomic E-state index is -0.363. The van der Waals surface area contributed by atoms with E-state index in [9.17, 15) is 5.11 Å². The Morgan fingerprint density at radius 1 is 0.962 bits per heavy atom. The predicted octanol–water partition coefficient (Wildman–Crippen LogP) is 4.54. The summed E-state index contributed by atoms with van der Waals surface area (Å²) in [4.78, 5) is 4.56. The zero-order valence-corrected chi connectivity index (χ0v) is 14.7. The van der Waals surface area contributed by atoms with E-state index in [4.69, 9.17) is 0 Å². The first kappa shape index (κ1) is 16.5. The lowest BCUT2D eigenvalue weighted by Crippen LogP contribution is -2.14. The summed E-state index contributed by atoms with van der Waals surface area (Å²) in [5.41, 5.74) is 5.17. The van der Waals surface area contributed by atoms with E-state index in [2.05, 4.69) is 40.4 Å². The lowest BCUT2D eigenvalue weighted by atomic mass is 10.0. The zero-order chi connectivity index (χ0) is 17.9. The van der Waals surface area contributed by atoms with Crippen LogP contribution in [-0.2, 0) is 6.54 Å². The highest BCUT2D eigenvalue weighted by Gasteiger charge is 2.08. The van der Waals surface area contributed by atoms with Gasteiger partial charge in [-0.3, -0.25) is 9.67 Å². The highest BCUT2D eigenvalue weighted by molar-refractivity contribution is 5.84. The Balaban J connectivity index is 1.65. The van der Waals surface area contributed by atoms with Crippen LogP contribution >= 0.6 is 0 Å². The summed E-state index contributed by atoms with van der Waals surface area (Å²) in [5.74, 6) is 0. The quantitative estimate of drug-likeness (QED) is 0.579.